The molecule has 90 valence electrons. The minimum atomic E-state index is -0.534. The van der Waals surface area contributed by atoms with Crippen LogP contribution in [-0.2, 0) is 10.8 Å². The Hall–Kier alpha value is 0.110. The molecule has 1 rings (SSSR count). The summed E-state index contributed by atoms with van der Waals surface area (Å²) in [7, 11) is -0.534. The van der Waals surface area contributed by atoms with Crippen molar-refractivity contribution in [1.82, 2.24) is 5.32 Å². The van der Waals surface area contributed by atoms with Gasteiger partial charge in [0, 0.05) is 34.9 Å². The summed E-state index contributed by atoms with van der Waals surface area (Å²) >= 11 is 0. The second-order valence-electron chi connectivity index (χ2n) is 5.65. The maximum Gasteiger partial charge on any atom is 0.0249 e. The van der Waals surface area contributed by atoms with Gasteiger partial charge in [-0.1, -0.05) is 27.7 Å². The standard InChI is InChI=1S/C12H25NOS/c1-10(2)12(3,4)9-13-11-5-7-15(14)8-6-11/h10-11,13H,5-9H2,1-4H3. The zero-order chi connectivity index (χ0) is 11.5. The summed E-state index contributed by atoms with van der Waals surface area (Å²) in [5, 5.41) is 3.63. The summed E-state index contributed by atoms with van der Waals surface area (Å²) in [5.41, 5.74) is 0.358. The highest BCUT2D eigenvalue weighted by Crippen LogP contribution is 2.25. The van der Waals surface area contributed by atoms with Crippen molar-refractivity contribution in [1.29, 1.82) is 0 Å². The van der Waals surface area contributed by atoms with Gasteiger partial charge in [0.2, 0.25) is 0 Å². The van der Waals surface area contributed by atoms with E-state index in [1.807, 2.05) is 0 Å². The summed E-state index contributed by atoms with van der Waals surface area (Å²) in [6, 6.07) is 0.598. The van der Waals surface area contributed by atoms with Crippen LogP contribution < -0.4 is 5.32 Å². The normalized spacial score (nSPS) is 28.3. The minimum absolute atomic E-state index is 0.358. The van der Waals surface area contributed by atoms with Crippen LogP contribution in [0.1, 0.15) is 40.5 Å². The Bertz CT molecular complexity index is 216. The van der Waals surface area contributed by atoms with Crippen molar-refractivity contribution in [2.75, 3.05) is 18.1 Å². The van der Waals surface area contributed by atoms with Crippen LogP contribution >= 0.6 is 0 Å². The van der Waals surface area contributed by atoms with E-state index < -0.39 is 10.8 Å². The van der Waals surface area contributed by atoms with E-state index in [4.69, 9.17) is 0 Å². The molecule has 1 heterocycles. The van der Waals surface area contributed by atoms with Gasteiger partial charge in [-0.3, -0.25) is 4.21 Å². The molecule has 0 aliphatic carbocycles. The Morgan fingerprint density at radius 1 is 1.33 bits per heavy atom. The van der Waals surface area contributed by atoms with Crippen molar-refractivity contribution in [3.8, 4) is 0 Å². The molecule has 0 amide bonds. The third kappa shape index (κ3) is 4.23. The predicted octanol–water partition coefficient (Wildman–Crippen LogP) is 2.17. The van der Waals surface area contributed by atoms with Crippen LogP contribution in [0.5, 0.6) is 0 Å². The lowest BCUT2D eigenvalue weighted by Gasteiger charge is -2.33. The van der Waals surface area contributed by atoms with Crippen LogP contribution in [0.25, 0.3) is 0 Å². The summed E-state index contributed by atoms with van der Waals surface area (Å²) in [6.07, 6.45) is 2.17. The molecular formula is C12H25NOS. The van der Waals surface area contributed by atoms with Crippen LogP contribution in [0.2, 0.25) is 0 Å². The molecule has 0 atom stereocenters. The van der Waals surface area contributed by atoms with E-state index in [1.165, 1.54) is 0 Å². The molecular weight excluding hydrogens is 206 g/mol. The first-order valence-corrected chi connectivity index (χ1v) is 7.49. The molecule has 15 heavy (non-hydrogen) atoms. The minimum Gasteiger partial charge on any atom is -0.313 e. The Balaban J connectivity index is 2.28. The van der Waals surface area contributed by atoms with Crippen molar-refractivity contribution in [2.45, 2.75) is 46.6 Å². The summed E-state index contributed by atoms with van der Waals surface area (Å²) in [6.45, 7) is 10.2. The highest BCUT2D eigenvalue weighted by Gasteiger charge is 2.24. The number of hydrogen-bond acceptors (Lipinski definition) is 2. The lowest BCUT2D eigenvalue weighted by Crippen LogP contribution is -2.42. The number of rotatable bonds is 4. The first kappa shape index (κ1) is 13.2. The van der Waals surface area contributed by atoms with Crippen molar-refractivity contribution in [3.05, 3.63) is 0 Å². The Kier molecular flexibility index (Phi) is 4.78. The van der Waals surface area contributed by atoms with E-state index in [2.05, 4.69) is 33.0 Å². The molecule has 0 spiro atoms. The van der Waals surface area contributed by atoms with Crippen LogP contribution in [-0.4, -0.2) is 28.3 Å². The molecule has 1 aliphatic heterocycles. The van der Waals surface area contributed by atoms with Gasteiger partial charge in [-0.15, -0.1) is 0 Å². The zero-order valence-corrected chi connectivity index (χ0v) is 11.3. The molecule has 1 aliphatic rings. The van der Waals surface area contributed by atoms with Crippen LogP contribution in [0.4, 0.5) is 0 Å². The fourth-order valence-corrected chi connectivity index (χ4v) is 2.91. The molecule has 0 aromatic heterocycles. The van der Waals surface area contributed by atoms with Gasteiger partial charge in [-0.05, 0) is 24.2 Å². The first-order chi connectivity index (χ1) is 6.92. The van der Waals surface area contributed by atoms with Gasteiger partial charge in [-0.25, -0.2) is 0 Å². The topological polar surface area (TPSA) is 29.1 Å². The highest BCUT2D eigenvalue weighted by molar-refractivity contribution is 7.85. The van der Waals surface area contributed by atoms with E-state index in [-0.39, 0.29) is 0 Å². The molecule has 1 fully saturated rings. The van der Waals surface area contributed by atoms with Crippen LogP contribution in [0.15, 0.2) is 0 Å². The number of hydrogen-bond donors (Lipinski definition) is 1. The number of nitrogens with one attached hydrogen (secondary N) is 1. The molecule has 0 aromatic carbocycles. The average molecular weight is 231 g/mol. The van der Waals surface area contributed by atoms with Crippen molar-refractivity contribution >= 4 is 10.8 Å². The molecule has 3 heteroatoms. The quantitative estimate of drug-likeness (QED) is 0.803. The van der Waals surface area contributed by atoms with E-state index in [1.54, 1.807) is 0 Å². The van der Waals surface area contributed by atoms with Crippen molar-refractivity contribution in [3.63, 3.8) is 0 Å². The molecule has 0 saturated carbocycles. The van der Waals surface area contributed by atoms with Gasteiger partial charge in [-0.2, -0.15) is 0 Å². The smallest absolute Gasteiger partial charge is 0.0249 e. The molecule has 1 saturated heterocycles. The largest absolute Gasteiger partial charge is 0.313 e. The molecule has 0 radical (unpaired) electrons. The molecule has 2 nitrogen and oxygen atoms in total. The molecule has 0 unspecified atom stereocenters. The fourth-order valence-electron chi connectivity index (χ4n) is 1.61. The van der Waals surface area contributed by atoms with E-state index in [0.29, 0.717) is 17.4 Å². The SMILES string of the molecule is CC(C)C(C)(C)CNC1CCS(=O)CC1. The second-order valence-corrected chi connectivity index (χ2v) is 7.34. The Morgan fingerprint density at radius 2 is 1.87 bits per heavy atom. The third-order valence-electron chi connectivity index (χ3n) is 3.80. The van der Waals surface area contributed by atoms with Crippen LogP contribution in [0, 0.1) is 11.3 Å². The van der Waals surface area contributed by atoms with E-state index in [9.17, 15) is 4.21 Å². The summed E-state index contributed by atoms with van der Waals surface area (Å²) in [4.78, 5) is 0. The summed E-state index contributed by atoms with van der Waals surface area (Å²) in [5.74, 6) is 2.47. The van der Waals surface area contributed by atoms with Gasteiger partial charge < -0.3 is 5.32 Å². The highest BCUT2D eigenvalue weighted by atomic mass is 32.2. The fraction of sp³-hybridized carbons (Fsp3) is 1.00. The molecule has 0 bridgehead atoms. The maximum atomic E-state index is 11.2. The monoisotopic (exact) mass is 231 g/mol. The maximum absolute atomic E-state index is 11.2. The van der Waals surface area contributed by atoms with Crippen molar-refractivity contribution in [2.24, 2.45) is 11.3 Å². The van der Waals surface area contributed by atoms with Gasteiger partial charge >= 0.3 is 0 Å². The summed E-state index contributed by atoms with van der Waals surface area (Å²) < 4.78 is 11.2. The van der Waals surface area contributed by atoms with Crippen molar-refractivity contribution < 1.29 is 4.21 Å². The molecule has 1 N–H and O–H groups in total. The van der Waals surface area contributed by atoms with Gasteiger partial charge in [0.15, 0.2) is 0 Å². The van der Waals surface area contributed by atoms with E-state index >= 15 is 0 Å². The van der Waals surface area contributed by atoms with Gasteiger partial charge in [0.05, 0.1) is 0 Å². The lowest BCUT2D eigenvalue weighted by atomic mass is 9.81. The Labute approximate surface area is 96.7 Å². The average Bonchev–Trinajstić information content (AvgIpc) is 2.17. The predicted molar refractivity (Wildman–Crippen MR) is 67.5 cm³/mol. The lowest BCUT2D eigenvalue weighted by molar-refractivity contribution is 0.225. The Morgan fingerprint density at radius 3 is 2.33 bits per heavy atom. The third-order valence-corrected chi connectivity index (χ3v) is 5.18. The van der Waals surface area contributed by atoms with Crippen LogP contribution in [0.3, 0.4) is 0 Å². The van der Waals surface area contributed by atoms with Gasteiger partial charge in [0.1, 0.15) is 0 Å². The second kappa shape index (κ2) is 5.44. The molecule has 0 aromatic rings. The van der Waals surface area contributed by atoms with Gasteiger partial charge in [0.25, 0.3) is 0 Å². The zero-order valence-electron chi connectivity index (χ0n) is 10.5. The van der Waals surface area contributed by atoms with E-state index in [0.717, 1.165) is 30.9 Å². The first-order valence-electron chi connectivity index (χ1n) is 6.00.